The normalized spacial score (nSPS) is 27.1. The summed E-state index contributed by atoms with van der Waals surface area (Å²) in [6, 6.07) is 0.00737. The Balaban J connectivity index is 2.76. The largest absolute Gasteiger partial charge is 0.326 e. The van der Waals surface area contributed by atoms with Gasteiger partial charge in [0, 0.05) is 6.54 Å². The second-order valence-corrected chi connectivity index (χ2v) is 6.82. The molecule has 0 saturated carbocycles. The Kier molecular flexibility index (Phi) is 4.82. The molecule has 1 aliphatic heterocycles. The third-order valence-corrected chi connectivity index (χ3v) is 4.79. The van der Waals surface area contributed by atoms with Gasteiger partial charge in [-0.05, 0) is 24.2 Å². The Labute approximate surface area is 112 Å². The minimum absolute atomic E-state index is 0.00737. The zero-order valence-electron chi connectivity index (χ0n) is 13.1. The maximum Gasteiger partial charge on any atom is 0.241 e. The fourth-order valence-corrected chi connectivity index (χ4v) is 2.27. The van der Waals surface area contributed by atoms with Gasteiger partial charge in [-0.2, -0.15) is 0 Å². The number of nitrogens with one attached hydrogen (secondary N) is 1. The van der Waals surface area contributed by atoms with Gasteiger partial charge in [0.15, 0.2) is 0 Å². The lowest BCUT2D eigenvalue weighted by Gasteiger charge is -2.35. The first kappa shape index (κ1) is 15.5. The van der Waals surface area contributed by atoms with E-state index in [9.17, 15) is 4.79 Å². The van der Waals surface area contributed by atoms with Crippen LogP contribution < -0.4 is 5.32 Å². The molecule has 0 radical (unpaired) electrons. The molecule has 0 aromatic carbocycles. The number of carbonyl (C=O) groups excluding carboxylic acids is 1. The fourth-order valence-electron chi connectivity index (χ4n) is 2.27. The maximum absolute atomic E-state index is 12.5. The van der Waals surface area contributed by atoms with Crippen molar-refractivity contribution < 1.29 is 4.79 Å². The smallest absolute Gasteiger partial charge is 0.241 e. The van der Waals surface area contributed by atoms with Crippen LogP contribution in [0.3, 0.4) is 0 Å². The molecule has 3 unspecified atom stereocenters. The van der Waals surface area contributed by atoms with Crippen molar-refractivity contribution in [1.29, 1.82) is 0 Å². The standard InChI is InChI=1S/C15H30N2O/c1-8-11(4)13-14(18)17(12(5)16-13)9-15(6,7)10(2)3/h10-13,16H,8-9H2,1-7H3. The second kappa shape index (κ2) is 5.60. The van der Waals surface area contributed by atoms with Gasteiger partial charge < -0.3 is 4.90 Å². The van der Waals surface area contributed by atoms with Crippen LogP contribution in [0.2, 0.25) is 0 Å². The molecule has 0 bridgehead atoms. The summed E-state index contributed by atoms with van der Waals surface area (Å²) in [6.07, 6.45) is 1.20. The topological polar surface area (TPSA) is 32.3 Å². The summed E-state index contributed by atoms with van der Waals surface area (Å²) < 4.78 is 0. The van der Waals surface area contributed by atoms with E-state index in [1.54, 1.807) is 0 Å². The summed E-state index contributed by atoms with van der Waals surface area (Å²) in [5.74, 6) is 1.26. The van der Waals surface area contributed by atoms with Gasteiger partial charge in [-0.3, -0.25) is 10.1 Å². The lowest BCUT2D eigenvalue weighted by molar-refractivity contribution is -0.132. The molecule has 0 aromatic rings. The Morgan fingerprint density at radius 2 is 1.89 bits per heavy atom. The number of nitrogens with zero attached hydrogens (tertiary/aromatic N) is 1. The van der Waals surface area contributed by atoms with Gasteiger partial charge in [0.1, 0.15) is 0 Å². The van der Waals surface area contributed by atoms with E-state index in [0.717, 1.165) is 13.0 Å². The summed E-state index contributed by atoms with van der Waals surface area (Å²) in [6.45, 7) is 16.2. The van der Waals surface area contributed by atoms with Gasteiger partial charge in [-0.1, -0.05) is 48.0 Å². The van der Waals surface area contributed by atoms with Crippen LogP contribution in [0, 0.1) is 17.3 Å². The summed E-state index contributed by atoms with van der Waals surface area (Å²) in [5, 5.41) is 3.44. The predicted molar refractivity (Wildman–Crippen MR) is 76.2 cm³/mol. The predicted octanol–water partition coefficient (Wildman–Crippen LogP) is 2.86. The molecule has 1 amide bonds. The van der Waals surface area contributed by atoms with E-state index in [1.807, 2.05) is 4.90 Å². The molecule has 1 rings (SSSR count). The van der Waals surface area contributed by atoms with Crippen molar-refractivity contribution in [2.75, 3.05) is 6.54 Å². The summed E-state index contributed by atoms with van der Waals surface area (Å²) in [7, 11) is 0. The molecule has 3 atom stereocenters. The minimum atomic E-state index is 0.00737. The van der Waals surface area contributed by atoms with E-state index in [-0.39, 0.29) is 23.5 Å². The molecule has 1 N–H and O–H groups in total. The van der Waals surface area contributed by atoms with Gasteiger partial charge >= 0.3 is 0 Å². The Bertz CT molecular complexity index is 299. The van der Waals surface area contributed by atoms with E-state index in [4.69, 9.17) is 0 Å². The van der Waals surface area contributed by atoms with E-state index in [2.05, 4.69) is 53.8 Å². The SMILES string of the molecule is CCC(C)C1NC(C)N(CC(C)(C)C(C)C)C1=O. The highest BCUT2D eigenvalue weighted by Crippen LogP contribution is 2.30. The molecule has 1 aliphatic rings. The third-order valence-electron chi connectivity index (χ3n) is 4.79. The minimum Gasteiger partial charge on any atom is -0.326 e. The van der Waals surface area contributed by atoms with Crippen molar-refractivity contribution >= 4 is 5.91 Å². The highest BCUT2D eigenvalue weighted by molar-refractivity contribution is 5.84. The van der Waals surface area contributed by atoms with Gasteiger partial charge in [-0.15, -0.1) is 0 Å². The molecule has 0 spiro atoms. The first-order chi connectivity index (χ1) is 8.20. The van der Waals surface area contributed by atoms with Crippen molar-refractivity contribution in [1.82, 2.24) is 10.2 Å². The van der Waals surface area contributed by atoms with Crippen LogP contribution in [0.4, 0.5) is 0 Å². The average molecular weight is 254 g/mol. The zero-order valence-corrected chi connectivity index (χ0v) is 13.1. The van der Waals surface area contributed by atoms with Crippen molar-refractivity contribution in [3.05, 3.63) is 0 Å². The highest BCUT2D eigenvalue weighted by Gasteiger charge is 2.41. The number of hydrogen-bond donors (Lipinski definition) is 1. The quantitative estimate of drug-likeness (QED) is 0.818. The molecular formula is C15H30N2O. The lowest BCUT2D eigenvalue weighted by Crippen LogP contribution is -2.43. The Morgan fingerprint density at radius 1 is 1.33 bits per heavy atom. The fraction of sp³-hybridized carbons (Fsp3) is 0.933. The van der Waals surface area contributed by atoms with Crippen LogP contribution in [-0.2, 0) is 4.79 Å². The Hall–Kier alpha value is -0.570. The van der Waals surface area contributed by atoms with Crippen LogP contribution in [-0.4, -0.2) is 29.6 Å². The van der Waals surface area contributed by atoms with Crippen LogP contribution in [0.15, 0.2) is 0 Å². The number of carbonyl (C=O) groups is 1. The van der Waals surface area contributed by atoms with E-state index in [1.165, 1.54) is 0 Å². The zero-order chi connectivity index (χ0) is 14.1. The first-order valence-electron chi connectivity index (χ1n) is 7.27. The maximum atomic E-state index is 12.5. The average Bonchev–Trinajstić information content (AvgIpc) is 2.55. The molecule has 3 nitrogen and oxygen atoms in total. The van der Waals surface area contributed by atoms with E-state index in [0.29, 0.717) is 11.8 Å². The van der Waals surface area contributed by atoms with Gasteiger partial charge in [-0.25, -0.2) is 0 Å². The monoisotopic (exact) mass is 254 g/mol. The van der Waals surface area contributed by atoms with Crippen LogP contribution in [0.25, 0.3) is 0 Å². The van der Waals surface area contributed by atoms with Crippen molar-refractivity contribution in [3.63, 3.8) is 0 Å². The first-order valence-corrected chi connectivity index (χ1v) is 7.27. The molecule has 1 saturated heterocycles. The van der Waals surface area contributed by atoms with E-state index < -0.39 is 0 Å². The molecular weight excluding hydrogens is 224 g/mol. The van der Waals surface area contributed by atoms with Crippen LogP contribution in [0.5, 0.6) is 0 Å². The Morgan fingerprint density at radius 3 is 2.33 bits per heavy atom. The summed E-state index contributed by atoms with van der Waals surface area (Å²) in [5.41, 5.74) is 0.163. The molecule has 0 aliphatic carbocycles. The molecule has 106 valence electrons. The van der Waals surface area contributed by atoms with Gasteiger partial charge in [0.05, 0.1) is 12.2 Å². The van der Waals surface area contributed by atoms with E-state index >= 15 is 0 Å². The van der Waals surface area contributed by atoms with Crippen LogP contribution in [0.1, 0.15) is 54.9 Å². The van der Waals surface area contributed by atoms with Gasteiger partial charge in [0.2, 0.25) is 5.91 Å². The third kappa shape index (κ3) is 3.05. The second-order valence-electron chi connectivity index (χ2n) is 6.82. The molecule has 1 fully saturated rings. The van der Waals surface area contributed by atoms with Crippen molar-refractivity contribution in [2.24, 2.45) is 17.3 Å². The summed E-state index contributed by atoms with van der Waals surface area (Å²) in [4.78, 5) is 14.5. The van der Waals surface area contributed by atoms with Crippen molar-refractivity contribution in [3.8, 4) is 0 Å². The highest BCUT2D eigenvalue weighted by atomic mass is 16.2. The molecule has 18 heavy (non-hydrogen) atoms. The number of hydrogen-bond acceptors (Lipinski definition) is 2. The lowest BCUT2D eigenvalue weighted by atomic mass is 9.80. The molecule has 1 heterocycles. The number of rotatable bonds is 5. The van der Waals surface area contributed by atoms with Crippen molar-refractivity contribution in [2.45, 2.75) is 67.1 Å². The summed E-state index contributed by atoms with van der Waals surface area (Å²) >= 11 is 0. The van der Waals surface area contributed by atoms with Gasteiger partial charge in [0.25, 0.3) is 0 Å². The number of amides is 1. The van der Waals surface area contributed by atoms with Crippen LogP contribution >= 0.6 is 0 Å². The molecule has 3 heteroatoms. The molecule has 0 aromatic heterocycles.